The molecule has 4 nitrogen and oxygen atoms in total. The van der Waals surface area contributed by atoms with Crippen molar-refractivity contribution in [2.24, 2.45) is 0 Å². The Labute approximate surface area is 179 Å². The molecule has 2 amide bonds. The van der Waals surface area contributed by atoms with Crippen molar-refractivity contribution in [1.82, 2.24) is 10.2 Å². The molecule has 1 aliphatic carbocycles. The number of hydrogen-bond acceptors (Lipinski definition) is 2. The Morgan fingerprint density at radius 3 is 2.48 bits per heavy atom. The van der Waals surface area contributed by atoms with Crippen molar-refractivity contribution in [2.75, 3.05) is 0 Å². The first-order valence-corrected chi connectivity index (χ1v) is 10.8. The Balaban J connectivity index is 1.76. The first-order valence-electron chi connectivity index (χ1n) is 10.0. The number of hydrogen-bond donors (Lipinski definition) is 1. The highest BCUT2D eigenvalue weighted by molar-refractivity contribution is 9.10. The van der Waals surface area contributed by atoms with Gasteiger partial charge in [-0.25, -0.2) is 4.39 Å². The molecule has 1 aliphatic rings. The van der Waals surface area contributed by atoms with Crippen LogP contribution < -0.4 is 5.32 Å². The molecule has 1 fully saturated rings. The van der Waals surface area contributed by atoms with Crippen LogP contribution in [0.25, 0.3) is 0 Å². The largest absolute Gasteiger partial charge is 0.352 e. The first kappa shape index (κ1) is 21.5. The van der Waals surface area contributed by atoms with Crippen LogP contribution in [0.15, 0.2) is 53.0 Å². The number of carbonyl (C=O) groups excluding carboxylic acids is 2. The summed E-state index contributed by atoms with van der Waals surface area (Å²) in [5.74, 6) is -0.624. The van der Waals surface area contributed by atoms with E-state index in [1.165, 1.54) is 12.1 Å². The van der Waals surface area contributed by atoms with E-state index in [0.717, 1.165) is 41.3 Å². The fourth-order valence-electron chi connectivity index (χ4n) is 3.69. The molecule has 29 heavy (non-hydrogen) atoms. The van der Waals surface area contributed by atoms with Gasteiger partial charge in [0.1, 0.15) is 11.9 Å². The lowest BCUT2D eigenvalue weighted by Gasteiger charge is -2.30. The van der Waals surface area contributed by atoms with Crippen LogP contribution in [0.1, 0.15) is 43.7 Å². The molecule has 1 atom stereocenters. The van der Waals surface area contributed by atoms with Gasteiger partial charge in [0.2, 0.25) is 11.8 Å². The lowest BCUT2D eigenvalue weighted by Crippen LogP contribution is -2.50. The number of halogens is 2. The van der Waals surface area contributed by atoms with Gasteiger partial charge in [-0.1, -0.05) is 53.0 Å². The number of benzene rings is 2. The summed E-state index contributed by atoms with van der Waals surface area (Å²) in [6.07, 6.45) is 4.37. The average molecular weight is 461 g/mol. The molecule has 1 N–H and O–H groups in total. The van der Waals surface area contributed by atoms with E-state index in [1.807, 2.05) is 24.3 Å². The van der Waals surface area contributed by atoms with Crippen LogP contribution in [-0.4, -0.2) is 28.8 Å². The summed E-state index contributed by atoms with van der Waals surface area (Å²) in [7, 11) is 0. The monoisotopic (exact) mass is 460 g/mol. The van der Waals surface area contributed by atoms with Crippen molar-refractivity contribution in [3.8, 4) is 0 Å². The second-order valence-electron chi connectivity index (χ2n) is 7.62. The van der Waals surface area contributed by atoms with Crippen LogP contribution in [0.3, 0.4) is 0 Å². The van der Waals surface area contributed by atoms with Crippen molar-refractivity contribution >= 4 is 27.7 Å². The van der Waals surface area contributed by atoms with E-state index in [9.17, 15) is 14.0 Å². The van der Waals surface area contributed by atoms with Gasteiger partial charge in [0.15, 0.2) is 0 Å². The Morgan fingerprint density at radius 2 is 1.83 bits per heavy atom. The molecule has 0 spiro atoms. The molecular weight excluding hydrogens is 435 g/mol. The lowest BCUT2D eigenvalue weighted by atomic mass is 10.1. The maximum Gasteiger partial charge on any atom is 0.242 e. The summed E-state index contributed by atoms with van der Waals surface area (Å²) < 4.78 is 14.1. The van der Waals surface area contributed by atoms with Crippen LogP contribution >= 0.6 is 15.9 Å². The maximum atomic E-state index is 13.2. The van der Waals surface area contributed by atoms with Crippen LogP contribution in [0.2, 0.25) is 0 Å². The maximum absolute atomic E-state index is 13.2. The van der Waals surface area contributed by atoms with E-state index in [2.05, 4.69) is 21.2 Å². The molecule has 154 valence electrons. The Morgan fingerprint density at radius 1 is 1.14 bits per heavy atom. The topological polar surface area (TPSA) is 49.4 Å². The highest BCUT2D eigenvalue weighted by atomic mass is 79.9. The van der Waals surface area contributed by atoms with Crippen molar-refractivity contribution in [3.63, 3.8) is 0 Å². The summed E-state index contributed by atoms with van der Waals surface area (Å²) in [5, 5.41) is 3.09. The third kappa shape index (κ3) is 6.13. The molecule has 6 heteroatoms. The van der Waals surface area contributed by atoms with Crippen LogP contribution in [0.5, 0.6) is 0 Å². The molecule has 0 saturated heterocycles. The van der Waals surface area contributed by atoms with E-state index in [-0.39, 0.29) is 30.1 Å². The standard InChI is InChI=1S/C23H26BrFN2O2/c1-16(23(29)26-21-7-2-3-8-21)27(15-18-5-4-6-19(24)13-18)22(28)14-17-9-11-20(25)12-10-17/h4-6,9-13,16,21H,2-3,7-8,14-15H2,1H3,(H,26,29)/t16-/m0/s1. The zero-order chi connectivity index (χ0) is 20.8. The Bertz CT molecular complexity index is 850. The summed E-state index contributed by atoms with van der Waals surface area (Å²) in [4.78, 5) is 27.6. The van der Waals surface area contributed by atoms with Gasteiger partial charge >= 0.3 is 0 Å². The fraction of sp³-hybridized carbons (Fsp3) is 0.391. The Hall–Kier alpha value is -2.21. The molecule has 3 rings (SSSR count). The van der Waals surface area contributed by atoms with Gasteiger partial charge in [0.05, 0.1) is 6.42 Å². The molecule has 0 aromatic heterocycles. The SMILES string of the molecule is C[C@@H](C(=O)NC1CCCC1)N(Cc1cccc(Br)c1)C(=O)Cc1ccc(F)cc1. The first-order chi connectivity index (χ1) is 13.9. The van der Waals surface area contributed by atoms with E-state index in [4.69, 9.17) is 0 Å². The predicted octanol–water partition coefficient (Wildman–Crippen LogP) is 4.61. The second kappa shape index (κ2) is 10.0. The second-order valence-corrected chi connectivity index (χ2v) is 8.54. The molecule has 0 heterocycles. The molecule has 0 radical (unpaired) electrons. The number of nitrogens with zero attached hydrogens (tertiary/aromatic N) is 1. The van der Waals surface area contributed by atoms with Gasteiger partial charge in [0, 0.05) is 17.1 Å². The molecule has 1 saturated carbocycles. The van der Waals surface area contributed by atoms with Crippen LogP contribution in [-0.2, 0) is 22.6 Å². The minimum Gasteiger partial charge on any atom is -0.352 e. The van der Waals surface area contributed by atoms with Crippen molar-refractivity contribution in [3.05, 3.63) is 69.9 Å². The van der Waals surface area contributed by atoms with Crippen LogP contribution in [0, 0.1) is 5.82 Å². The van der Waals surface area contributed by atoms with Gasteiger partial charge in [0.25, 0.3) is 0 Å². The van der Waals surface area contributed by atoms with E-state index in [0.29, 0.717) is 6.54 Å². The fourth-order valence-corrected chi connectivity index (χ4v) is 4.13. The van der Waals surface area contributed by atoms with Gasteiger partial charge in [-0.2, -0.15) is 0 Å². The van der Waals surface area contributed by atoms with Gasteiger partial charge in [-0.3, -0.25) is 9.59 Å². The highest BCUT2D eigenvalue weighted by Crippen LogP contribution is 2.20. The minimum absolute atomic E-state index is 0.120. The molecule has 0 aliphatic heterocycles. The molecule has 2 aromatic carbocycles. The number of rotatable bonds is 7. The van der Waals surface area contributed by atoms with E-state index >= 15 is 0 Å². The summed E-state index contributed by atoms with van der Waals surface area (Å²) in [6.45, 7) is 2.10. The quantitative estimate of drug-likeness (QED) is 0.655. The molecule has 2 aromatic rings. The van der Waals surface area contributed by atoms with Crippen molar-refractivity contribution in [1.29, 1.82) is 0 Å². The smallest absolute Gasteiger partial charge is 0.242 e. The normalized spacial score (nSPS) is 15.1. The van der Waals surface area contributed by atoms with Gasteiger partial charge in [-0.05, 0) is 55.2 Å². The van der Waals surface area contributed by atoms with Gasteiger partial charge < -0.3 is 10.2 Å². The third-order valence-corrected chi connectivity index (χ3v) is 5.87. The van der Waals surface area contributed by atoms with Crippen molar-refractivity contribution in [2.45, 2.75) is 57.7 Å². The summed E-state index contributed by atoms with van der Waals surface area (Å²) in [6, 6.07) is 13.2. The highest BCUT2D eigenvalue weighted by Gasteiger charge is 2.28. The predicted molar refractivity (Wildman–Crippen MR) is 115 cm³/mol. The zero-order valence-electron chi connectivity index (χ0n) is 16.5. The molecular formula is C23H26BrFN2O2. The van der Waals surface area contributed by atoms with Crippen molar-refractivity contribution < 1.29 is 14.0 Å². The third-order valence-electron chi connectivity index (χ3n) is 5.38. The summed E-state index contributed by atoms with van der Waals surface area (Å²) in [5.41, 5.74) is 1.66. The Kier molecular flexibility index (Phi) is 7.42. The van der Waals surface area contributed by atoms with Gasteiger partial charge in [-0.15, -0.1) is 0 Å². The number of nitrogens with one attached hydrogen (secondary N) is 1. The average Bonchev–Trinajstić information content (AvgIpc) is 3.20. The van der Waals surface area contributed by atoms with E-state index < -0.39 is 6.04 Å². The van der Waals surface area contributed by atoms with E-state index in [1.54, 1.807) is 24.0 Å². The number of carbonyl (C=O) groups is 2. The van der Waals surface area contributed by atoms with Crippen LogP contribution in [0.4, 0.5) is 4.39 Å². The number of amides is 2. The molecule has 0 bridgehead atoms. The minimum atomic E-state index is -0.595. The zero-order valence-corrected chi connectivity index (χ0v) is 18.1. The lowest BCUT2D eigenvalue weighted by molar-refractivity contribution is -0.140. The molecule has 0 unspecified atom stereocenters. The summed E-state index contributed by atoms with van der Waals surface area (Å²) >= 11 is 3.46.